The van der Waals surface area contributed by atoms with E-state index in [9.17, 15) is 0 Å². The molecule has 162 valence electrons. The summed E-state index contributed by atoms with van der Waals surface area (Å²) < 4.78 is 6.14. The molecule has 0 fully saturated rings. The molecule has 33 heavy (non-hydrogen) atoms. The number of aryl methyl sites for hydroxylation is 2. The summed E-state index contributed by atoms with van der Waals surface area (Å²) in [6.07, 6.45) is 4.57. The van der Waals surface area contributed by atoms with E-state index >= 15 is 0 Å². The van der Waals surface area contributed by atoms with Crippen LogP contribution in [0.2, 0.25) is 0 Å². The summed E-state index contributed by atoms with van der Waals surface area (Å²) >= 11 is 0. The van der Waals surface area contributed by atoms with Gasteiger partial charge in [-0.25, -0.2) is 4.98 Å². The molecule has 0 radical (unpaired) electrons. The number of rotatable bonds is 6. The fraction of sp³-hybridized carbons (Fsp3) is 0.0800. The number of nitriles is 1. The van der Waals surface area contributed by atoms with Gasteiger partial charge in [0.25, 0.3) is 0 Å². The maximum atomic E-state index is 8.97. The summed E-state index contributed by atoms with van der Waals surface area (Å²) in [7, 11) is 0. The Balaban J connectivity index is 1.68. The molecule has 0 spiro atoms. The Morgan fingerprint density at radius 2 is 1.67 bits per heavy atom. The number of nitrogen functional groups attached to an aromatic ring is 1. The number of anilines is 3. The van der Waals surface area contributed by atoms with E-state index in [1.807, 2.05) is 38.1 Å². The molecule has 0 bridgehead atoms. The number of nitrogens with zero attached hydrogens (tertiary/aromatic N) is 4. The topological polar surface area (TPSA) is 134 Å². The van der Waals surface area contributed by atoms with Crippen molar-refractivity contribution in [3.63, 3.8) is 0 Å². The van der Waals surface area contributed by atoms with Crippen LogP contribution in [-0.2, 0) is 0 Å². The number of aromatic nitrogens is 3. The molecule has 4 N–H and O–H groups in total. The molecular weight excluding hydrogens is 414 g/mol. The van der Waals surface area contributed by atoms with Gasteiger partial charge in [0, 0.05) is 24.3 Å². The number of hydrogen-bond acceptors (Lipinski definition) is 8. The van der Waals surface area contributed by atoms with E-state index in [0.29, 0.717) is 17.0 Å². The third kappa shape index (κ3) is 4.62. The lowest BCUT2D eigenvalue weighted by Gasteiger charge is -2.16. The molecule has 0 aliphatic rings. The standard InChI is InChI=1S/C25H21N7O/c1-15-11-19(18-7-9-29-10-8-18)12-16(2)23(15)33-24-22(28)21(14-27)31-25(32-24)30-20-5-3-17(13-26)4-6-20/h3-12,14,27H,28H2,1-2H3,(H,30,31,32). The Morgan fingerprint density at radius 1 is 1.00 bits per heavy atom. The molecule has 2 heterocycles. The zero-order valence-electron chi connectivity index (χ0n) is 18.1. The number of benzene rings is 2. The first-order chi connectivity index (χ1) is 16.0. The zero-order chi connectivity index (χ0) is 23.4. The van der Waals surface area contributed by atoms with Gasteiger partial charge < -0.3 is 21.2 Å². The minimum absolute atomic E-state index is 0.155. The van der Waals surface area contributed by atoms with Crippen molar-refractivity contribution in [2.75, 3.05) is 11.1 Å². The molecule has 2 aromatic carbocycles. The predicted octanol–water partition coefficient (Wildman–Crippen LogP) is 5.14. The molecule has 8 heteroatoms. The maximum Gasteiger partial charge on any atom is 0.248 e. The van der Waals surface area contributed by atoms with Crippen LogP contribution >= 0.6 is 0 Å². The van der Waals surface area contributed by atoms with Crippen LogP contribution in [0.15, 0.2) is 60.9 Å². The normalized spacial score (nSPS) is 10.3. The van der Waals surface area contributed by atoms with E-state index in [4.69, 9.17) is 21.1 Å². The highest BCUT2D eigenvalue weighted by Crippen LogP contribution is 2.35. The van der Waals surface area contributed by atoms with Crippen molar-refractivity contribution >= 4 is 23.5 Å². The highest BCUT2D eigenvalue weighted by atomic mass is 16.5. The summed E-state index contributed by atoms with van der Waals surface area (Å²) in [5.74, 6) is 1.02. The third-order valence-electron chi connectivity index (χ3n) is 5.02. The molecule has 8 nitrogen and oxygen atoms in total. The molecule has 0 saturated heterocycles. The molecular formula is C25H21N7O. The first kappa shape index (κ1) is 21.5. The summed E-state index contributed by atoms with van der Waals surface area (Å²) in [5, 5.41) is 19.7. The quantitative estimate of drug-likeness (QED) is 0.357. The Morgan fingerprint density at radius 3 is 2.27 bits per heavy atom. The van der Waals surface area contributed by atoms with Crippen LogP contribution in [0.1, 0.15) is 22.4 Å². The van der Waals surface area contributed by atoms with Crippen molar-refractivity contribution < 1.29 is 4.74 Å². The fourth-order valence-corrected chi connectivity index (χ4v) is 3.39. The molecule has 0 unspecified atom stereocenters. The van der Waals surface area contributed by atoms with E-state index in [2.05, 4.69) is 26.3 Å². The van der Waals surface area contributed by atoms with E-state index in [1.165, 1.54) is 0 Å². The first-order valence-electron chi connectivity index (χ1n) is 10.1. The minimum atomic E-state index is 0.155. The number of hydrogen-bond donors (Lipinski definition) is 3. The summed E-state index contributed by atoms with van der Waals surface area (Å²) in [4.78, 5) is 12.8. The fourth-order valence-electron chi connectivity index (χ4n) is 3.39. The van der Waals surface area contributed by atoms with Gasteiger partial charge in [0.05, 0.1) is 11.6 Å². The molecule has 4 rings (SSSR count). The monoisotopic (exact) mass is 435 g/mol. The van der Waals surface area contributed by atoms with Gasteiger partial charge in [-0.3, -0.25) is 4.98 Å². The van der Waals surface area contributed by atoms with Gasteiger partial charge in [0.2, 0.25) is 11.8 Å². The maximum absolute atomic E-state index is 8.97. The smallest absolute Gasteiger partial charge is 0.248 e. The molecule has 4 aromatic rings. The van der Waals surface area contributed by atoms with E-state index in [-0.39, 0.29) is 23.2 Å². The number of nitrogens with two attached hydrogens (primary N) is 1. The van der Waals surface area contributed by atoms with Crippen molar-refractivity contribution in [3.8, 4) is 28.8 Å². The van der Waals surface area contributed by atoms with Crippen molar-refractivity contribution in [1.82, 2.24) is 15.0 Å². The molecule has 0 aliphatic carbocycles. The molecule has 0 aliphatic heterocycles. The Hall–Kier alpha value is -4.77. The lowest BCUT2D eigenvalue weighted by Crippen LogP contribution is -2.07. The van der Waals surface area contributed by atoms with E-state index < -0.39 is 0 Å². The molecule has 0 atom stereocenters. The third-order valence-corrected chi connectivity index (χ3v) is 5.02. The zero-order valence-corrected chi connectivity index (χ0v) is 18.1. The first-order valence-corrected chi connectivity index (χ1v) is 10.1. The predicted molar refractivity (Wildman–Crippen MR) is 128 cm³/mol. The minimum Gasteiger partial charge on any atom is -0.436 e. The second-order valence-corrected chi connectivity index (χ2v) is 7.39. The van der Waals surface area contributed by atoms with Crippen LogP contribution in [0, 0.1) is 30.6 Å². The summed E-state index contributed by atoms with van der Waals surface area (Å²) in [5.41, 5.74) is 11.8. The van der Waals surface area contributed by atoms with Crippen LogP contribution in [0.25, 0.3) is 11.1 Å². The van der Waals surface area contributed by atoms with Crippen LogP contribution in [0.3, 0.4) is 0 Å². The van der Waals surface area contributed by atoms with Crippen LogP contribution in [0.5, 0.6) is 11.6 Å². The van der Waals surface area contributed by atoms with Gasteiger partial charge in [-0.15, -0.1) is 0 Å². The highest BCUT2D eigenvalue weighted by Gasteiger charge is 2.16. The van der Waals surface area contributed by atoms with Gasteiger partial charge in [-0.1, -0.05) is 0 Å². The second kappa shape index (κ2) is 9.16. The van der Waals surface area contributed by atoms with Gasteiger partial charge in [-0.05, 0) is 84.6 Å². The lowest BCUT2D eigenvalue weighted by molar-refractivity contribution is 0.458. The van der Waals surface area contributed by atoms with E-state index in [1.54, 1.807) is 36.7 Å². The van der Waals surface area contributed by atoms with Gasteiger partial charge in [0.15, 0.2) is 0 Å². The van der Waals surface area contributed by atoms with Crippen molar-refractivity contribution in [2.45, 2.75) is 13.8 Å². The van der Waals surface area contributed by atoms with Gasteiger partial charge >= 0.3 is 0 Å². The van der Waals surface area contributed by atoms with E-state index in [0.717, 1.165) is 28.5 Å². The number of nitrogens with one attached hydrogen (secondary N) is 2. The highest BCUT2D eigenvalue weighted by molar-refractivity contribution is 5.85. The average molecular weight is 435 g/mol. The van der Waals surface area contributed by atoms with Crippen molar-refractivity contribution in [2.24, 2.45) is 0 Å². The number of ether oxygens (including phenoxy) is 1. The largest absolute Gasteiger partial charge is 0.436 e. The van der Waals surface area contributed by atoms with Gasteiger partial charge in [-0.2, -0.15) is 10.2 Å². The SMILES string of the molecule is Cc1cc(-c2ccncc2)cc(C)c1Oc1nc(Nc2ccc(C#N)cc2)nc(C=N)c1N. The molecule has 0 saturated carbocycles. The Bertz CT molecular complexity index is 1340. The lowest BCUT2D eigenvalue weighted by atomic mass is 10.0. The van der Waals surface area contributed by atoms with Gasteiger partial charge in [0.1, 0.15) is 17.1 Å². The Kier molecular flexibility index (Phi) is 5.96. The molecule has 2 aromatic heterocycles. The second-order valence-electron chi connectivity index (χ2n) is 7.39. The van der Waals surface area contributed by atoms with Crippen LogP contribution in [0.4, 0.5) is 17.3 Å². The summed E-state index contributed by atoms with van der Waals surface area (Å²) in [6.45, 7) is 3.91. The average Bonchev–Trinajstić information content (AvgIpc) is 2.84. The summed E-state index contributed by atoms with van der Waals surface area (Å²) in [6, 6.07) is 16.9. The van der Waals surface area contributed by atoms with Crippen molar-refractivity contribution in [3.05, 3.63) is 83.3 Å². The van der Waals surface area contributed by atoms with Crippen molar-refractivity contribution in [1.29, 1.82) is 10.7 Å². The van der Waals surface area contributed by atoms with Crippen LogP contribution in [-0.4, -0.2) is 21.2 Å². The molecule has 0 amide bonds. The number of pyridine rings is 1. The Labute approximate surface area is 191 Å². The van der Waals surface area contributed by atoms with Crippen LogP contribution < -0.4 is 15.8 Å².